The number of rotatable bonds is 5. The highest BCUT2D eigenvalue weighted by Gasteiger charge is 2.01. The fourth-order valence-corrected chi connectivity index (χ4v) is 1.98. The van der Waals surface area contributed by atoms with Crippen molar-refractivity contribution in [2.45, 2.75) is 13.1 Å². The SMILES string of the molecule is CN=C(NCc1ccc(Cl)cc1)NCc1cccc(OC)n1.I. The van der Waals surface area contributed by atoms with E-state index in [4.69, 9.17) is 16.3 Å². The molecule has 5 nitrogen and oxygen atoms in total. The lowest BCUT2D eigenvalue weighted by atomic mass is 10.2. The third kappa shape index (κ3) is 6.62. The Morgan fingerprint density at radius 3 is 2.48 bits per heavy atom. The Bertz CT molecular complexity index is 634. The van der Waals surface area contributed by atoms with Crippen LogP contribution >= 0.6 is 35.6 Å². The first kappa shape index (κ1) is 19.5. The number of nitrogens with zero attached hydrogens (tertiary/aromatic N) is 2. The van der Waals surface area contributed by atoms with Gasteiger partial charge in [0.25, 0.3) is 0 Å². The topological polar surface area (TPSA) is 58.5 Å². The van der Waals surface area contributed by atoms with Crippen LogP contribution in [0.2, 0.25) is 5.02 Å². The predicted molar refractivity (Wildman–Crippen MR) is 105 cm³/mol. The molecule has 0 atom stereocenters. The highest BCUT2D eigenvalue weighted by molar-refractivity contribution is 14.0. The molecule has 0 amide bonds. The summed E-state index contributed by atoms with van der Waals surface area (Å²) in [5.41, 5.74) is 2.01. The van der Waals surface area contributed by atoms with Gasteiger partial charge in [0.2, 0.25) is 5.88 Å². The van der Waals surface area contributed by atoms with E-state index < -0.39 is 0 Å². The monoisotopic (exact) mass is 446 g/mol. The van der Waals surface area contributed by atoms with Gasteiger partial charge in [-0.15, -0.1) is 24.0 Å². The van der Waals surface area contributed by atoms with Crippen molar-refractivity contribution in [2.24, 2.45) is 4.99 Å². The fraction of sp³-hybridized carbons (Fsp3) is 0.250. The average molecular weight is 447 g/mol. The molecule has 0 aliphatic carbocycles. The summed E-state index contributed by atoms with van der Waals surface area (Å²) in [7, 11) is 3.34. The van der Waals surface area contributed by atoms with Crippen molar-refractivity contribution in [1.82, 2.24) is 15.6 Å². The van der Waals surface area contributed by atoms with Gasteiger partial charge in [-0.3, -0.25) is 4.99 Å². The molecule has 0 aliphatic heterocycles. The van der Waals surface area contributed by atoms with Gasteiger partial charge >= 0.3 is 0 Å². The van der Waals surface area contributed by atoms with Crippen LogP contribution < -0.4 is 15.4 Å². The molecule has 0 fully saturated rings. The van der Waals surface area contributed by atoms with Crippen molar-refractivity contribution in [3.05, 3.63) is 58.7 Å². The summed E-state index contributed by atoms with van der Waals surface area (Å²) < 4.78 is 5.11. The van der Waals surface area contributed by atoms with E-state index in [9.17, 15) is 0 Å². The van der Waals surface area contributed by atoms with Crippen LogP contribution in [0.25, 0.3) is 0 Å². The van der Waals surface area contributed by atoms with Crippen LogP contribution in [0.3, 0.4) is 0 Å². The number of pyridine rings is 1. The molecular weight excluding hydrogens is 427 g/mol. The average Bonchev–Trinajstić information content (AvgIpc) is 2.57. The van der Waals surface area contributed by atoms with Gasteiger partial charge in [-0.2, -0.15) is 0 Å². The molecule has 0 spiro atoms. The molecule has 7 heteroatoms. The lowest BCUT2D eigenvalue weighted by Gasteiger charge is -2.12. The minimum atomic E-state index is 0. The molecule has 23 heavy (non-hydrogen) atoms. The van der Waals surface area contributed by atoms with E-state index in [-0.39, 0.29) is 24.0 Å². The molecule has 124 valence electrons. The van der Waals surface area contributed by atoms with E-state index in [1.807, 2.05) is 42.5 Å². The van der Waals surface area contributed by atoms with Crippen LogP contribution in [-0.4, -0.2) is 25.1 Å². The van der Waals surface area contributed by atoms with Crippen molar-refractivity contribution in [3.63, 3.8) is 0 Å². The van der Waals surface area contributed by atoms with Crippen LogP contribution in [0, 0.1) is 0 Å². The second kappa shape index (κ2) is 10.3. The number of halogens is 2. The first-order valence-corrected chi connectivity index (χ1v) is 7.28. The first-order valence-electron chi connectivity index (χ1n) is 6.90. The van der Waals surface area contributed by atoms with E-state index in [0.717, 1.165) is 16.3 Å². The number of aliphatic imine (C=N–C) groups is 1. The second-order valence-corrected chi connectivity index (χ2v) is 5.01. The van der Waals surface area contributed by atoms with Gasteiger partial charge in [-0.05, 0) is 23.8 Å². The molecular formula is C16H20ClIN4O. The zero-order valence-electron chi connectivity index (χ0n) is 13.0. The minimum Gasteiger partial charge on any atom is -0.481 e. The maximum atomic E-state index is 5.87. The lowest BCUT2D eigenvalue weighted by molar-refractivity contribution is 0.396. The van der Waals surface area contributed by atoms with Crippen molar-refractivity contribution in [2.75, 3.05) is 14.2 Å². The van der Waals surface area contributed by atoms with Gasteiger partial charge in [0.05, 0.1) is 19.3 Å². The van der Waals surface area contributed by atoms with E-state index in [1.165, 1.54) is 0 Å². The highest BCUT2D eigenvalue weighted by atomic mass is 127. The lowest BCUT2D eigenvalue weighted by Crippen LogP contribution is -2.36. The van der Waals surface area contributed by atoms with Gasteiger partial charge in [0.15, 0.2) is 5.96 Å². The molecule has 2 aromatic rings. The summed E-state index contributed by atoms with van der Waals surface area (Å²) in [5, 5.41) is 7.19. The number of hydrogen-bond acceptors (Lipinski definition) is 3. The summed E-state index contributed by atoms with van der Waals surface area (Å²) in [6.07, 6.45) is 0. The summed E-state index contributed by atoms with van der Waals surface area (Å²) in [6.45, 7) is 1.24. The van der Waals surface area contributed by atoms with E-state index in [1.54, 1.807) is 14.2 Å². The van der Waals surface area contributed by atoms with E-state index >= 15 is 0 Å². The number of aromatic nitrogens is 1. The minimum absolute atomic E-state index is 0. The standard InChI is InChI=1S/C16H19ClN4O.HI/c1-18-16(19-10-12-6-8-13(17)9-7-12)20-11-14-4-3-5-15(21-14)22-2;/h3-9H,10-11H2,1-2H3,(H2,18,19,20);1H. The number of nitrogens with one attached hydrogen (secondary N) is 2. The molecule has 0 bridgehead atoms. The smallest absolute Gasteiger partial charge is 0.213 e. The van der Waals surface area contributed by atoms with Crippen molar-refractivity contribution >= 4 is 41.5 Å². The number of guanidine groups is 1. The third-order valence-corrected chi connectivity index (χ3v) is 3.28. The summed E-state index contributed by atoms with van der Waals surface area (Å²) in [4.78, 5) is 8.53. The van der Waals surface area contributed by atoms with Crippen LogP contribution in [0.15, 0.2) is 47.5 Å². The highest BCUT2D eigenvalue weighted by Crippen LogP contribution is 2.09. The van der Waals surface area contributed by atoms with Gasteiger partial charge in [-0.25, -0.2) is 4.98 Å². The molecule has 0 aliphatic rings. The molecule has 1 aromatic carbocycles. The van der Waals surface area contributed by atoms with Gasteiger partial charge in [0.1, 0.15) is 0 Å². The van der Waals surface area contributed by atoms with E-state index in [2.05, 4.69) is 20.6 Å². The molecule has 1 heterocycles. The Balaban J connectivity index is 0.00000264. The van der Waals surface area contributed by atoms with E-state index in [0.29, 0.717) is 24.9 Å². The Morgan fingerprint density at radius 2 is 1.83 bits per heavy atom. The number of hydrogen-bond donors (Lipinski definition) is 2. The second-order valence-electron chi connectivity index (χ2n) is 4.58. The largest absolute Gasteiger partial charge is 0.481 e. The van der Waals surface area contributed by atoms with Crippen molar-refractivity contribution in [1.29, 1.82) is 0 Å². The van der Waals surface area contributed by atoms with Gasteiger partial charge in [-0.1, -0.05) is 29.8 Å². The first-order chi connectivity index (χ1) is 10.7. The predicted octanol–water partition coefficient (Wildman–Crippen LogP) is 3.23. The normalized spacial score (nSPS) is 10.7. The number of benzene rings is 1. The molecule has 2 N–H and O–H groups in total. The van der Waals surface area contributed by atoms with Crippen molar-refractivity contribution in [3.8, 4) is 5.88 Å². The Morgan fingerprint density at radius 1 is 1.13 bits per heavy atom. The van der Waals surface area contributed by atoms with Crippen LogP contribution in [0.1, 0.15) is 11.3 Å². The summed E-state index contributed by atoms with van der Waals surface area (Å²) >= 11 is 5.87. The molecule has 0 unspecified atom stereocenters. The molecule has 0 saturated carbocycles. The Labute approximate surface area is 158 Å². The van der Waals surface area contributed by atoms with Gasteiger partial charge < -0.3 is 15.4 Å². The number of ether oxygens (including phenoxy) is 1. The third-order valence-electron chi connectivity index (χ3n) is 3.02. The van der Waals surface area contributed by atoms with Crippen LogP contribution in [0.4, 0.5) is 0 Å². The van der Waals surface area contributed by atoms with Crippen LogP contribution in [-0.2, 0) is 13.1 Å². The summed E-state index contributed by atoms with van der Waals surface area (Å²) in [5.74, 6) is 1.31. The Kier molecular flexibility index (Phi) is 8.71. The number of methoxy groups -OCH3 is 1. The van der Waals surface area contributed by atoms with Crippen LogP contribution in [0.5, 0.6) is 5.88 Å². The fourth-order valence-electron chi connectivity index (χ4n) is 1.85. The summed E-state index contributed by atoms with van der Waals surface area (Å²) in [6, 6.07) is 13.4. The maximum Gasteiger partial charge on any atom is 0.213 e. The quantitative estimate of drug-likeness (QED) is 0.421. The maximum absolute atomic E-state index is 5.87. The molecule has 2 rings (SSSR count). The zero-order valence-corrected chi connectivity index (χ0v) is 16.1. The molecule has 0 saturated heterocycles. The zero-order chi connectivity index (χ0) is 15.8. The van der Waals surface area contributed by atoms with Crippen molar-refractivity contribution < 1.29 is 4.74 Å². The Hall–Kier alpha value is -1.54. The van der Waals surface area contributed by atoms with Gasteiger partial charge in [0, 0.05) is 24.7 Å². The molecule has 0 radical (unpaired) electrons. The molecule has 1 aromatic heterocycles.